The molecule has 0 aliphatic heterocycles. The molecule has 0 N–H and O–H groups in total. The molecule has 0 aliphatic carbocycles. The van der Waals surface area contributed by atoms with Crippen LogP contribution in [0.3, 0.4) is 0 Å². The summed E-state index contributed by atoms with van der Waals surface area (Å²) >= 11 is 11.6. The van der Waals surface area contributed by atoms with Crippen LogP contribution in [0.2, 0.25) is 10.0 Å². The number of carbonyl (C=O) groups is 1. The molecule has 0 atom stereocenters. The van der Waals surface area contributed by atoms with Crippen LogP contribution in [0.4, 0.5) is 0 Å². The van der Waals surface area contributed by atoms with Crippen LogP contribution in [0.1, 0.15) is 30.6 Å². The molecule has 0 fully saturated rings. The van der Waals surface area contributed by atoms with Gasteiger partial charge in [0.15, 0.2) is 0 Å². The summed E-state index contributed by atoms with van der Waals surface area (Å²) in [6.07, 6.45) is 0.685. The summed E-state index contributed by atoms with van der Waals surface area (Å²) < 4.78 is 27.7. The van der Waals surface area contributed by atoms with E-state index in [4.69, 9.17) is 38.6 Å². The number of hydrogen-bond acceptors (Lipinski definition) is 4. The van der Waals surface area contributed by atoms with Crippen LogP contribution in [-0.2, 0) is 13.8 Å². The quantitative estimate of drug-likeness (QED) is 0.586. The highest BCUT2D eigenvalue weighted by Gasteiger charge is 2.23. The second-order valence-electron chi connectivity index (χ2n) is 4.52. The SMILES string of the molecule is CC(C)CCOC(=O)c1cc(Cl)cc(S(=O)(=O)Cl)c1Cl. The Bertz CT molecular complexity index is 611. The summed E-state index contributed by atoms with van der Waals surface area (Å²) in [4.78, 5) is 11.5. The van der Waals surface area contributed by atoms with Gasteiger partial charge in [-0.2, -0.15) is 0 Å². The van der Waals surface area contributed by atoms with Crippen molar-refractivity contribution in [3.05, 3.63) is 27.7 Å². The third-order valence-electron chi connectivity index (χ3n) is 2.41. The van der Waals surface area contributed by atoms with Gasteiger partial charge in [0.05, 0.1) is 17.2 Å². The van der Waals surface area contributed by atoms with Gasteiger partial charge in [-0.15, -0.1) is 0 Å². The topological polar surface area (TPSA) is 60.4 Å². The summed E-state index contributed by atoms with van der Waals surface area (Å²) in [7, 11) is 1.14. The Morgan fingerprint density at radius 1 is 1.30 bits per heavy atom. The summed E-state index contributed by atoms with van der Waals surface area (Å²) in [6.45, 7) is 4.18. The highest BCUT2D eigenvalue weighted by atomic mass is 35.7. The number of benzene rings is 1. The first-order chi connectivity index (χ1) is 9.12. The van der Waals surface area contributed by atoms with E-state index >= 15 is 0 Å². The van der Waals surface area contributed by atoms with Crippen molar-refractivity contribution < 1.29 is 17.9 Å². The van der Waals surface area contributed by atoms with Crippen LogP contribution in [0.15, 0.2) is 17.0 Å². The van der Waals surface area contributed by atoms with E-state index in [1.165, 1.54) is 6.07 Å². The van der Waals surface area contributed by atoms with Crippen molar-refractivity contribution >= 4 is 48.9 Å². The maximum atomic E-state index is 11.9. The second kappa shape index (κ2) is 6.98. The van der Waals surface area contributed by atoms with Crippen LogP contribution < -0.4 is 0 Å². The average Bonchev–Trinajstić information content (AvgIpc) is 2.29. The Morgan fingerprint density at radius 2 is 1.90 bits per heavy atom. The predicted molar refractivity (Wildman–Crippen MR) is 79.2 cm³/mol. The largest absolute Gasteiger partial charge is 0.462 e. The van der Waals surface area contributed by atoms with Crippen molar-refractivity contribution in [1.82, 2.24) is 0 Å². The van der Waals surface area contributed by atoms with Gasteiger partial charge in [0.25, 0.3) is 9.05 Å². The van der Waals surface area contributed by atoms with Gasteiger partial charge in [0.1, 0.15) is 4.90 Å². The number of ether oxygens (including phenoxy) is 1. The van der Waals surface area contributed by atoms with Crippen LogP contribution in [0, 0.1) is 5.92 Å². The molecular weight excluding hydrogens is 347 g/mol. The lowest BCUT2D eigenvalue weighted by molar-refractivity contribution is 0.0488. The van der Waals surface area contributed by atoms with Crippen molar-refractivity contribution in [2.24, 2.45) is 5.92 Å². The molecule has 0 aliphatic rings. The number of carbonyl (C=O) groups excluding carboxylic acids is 1. The van der Waals surface area contributed by atoms with Gasteiger partial charge in [-0.3, -0.25) is 0 Å². The van der Waals surface area contributed by atoms with Crippen molar-refractivity contribution in [3.8, 4) is 0 Å². The minimum Gasteiger partial charge on any atom is -0.462 e. The first-order valence-electron chi connectivity index (χ1n) is 5.73. The molecule has 8 heteroatoms. The zero-order valence-corrected chi connectivity index (χ0v) is 13.9. The standard InChI is InChI=1S/C12H13Cl3O4S/c1-7(2)3-4-19-12(16)9-5-8(13)6-10(11(9)14)20(15,17)18/h5-7H,3-4H2,1-2H3. The molecule has 0 saturated heterocycles. The van der Waals surface area contributed by atoms with E-state index in [0.717, 1.165) is 6.07 Å². The molecule has 4 nitrogen and oxygen atoms in total. The van der Waals surface area contributed by atoms with Crippen molar-refractivity contribution in [1.29, 1.82) is 0 Å². The van der Waals surface area contributed by atoms with E-state index in [0.29, 0.717) is 12.3 Å². The lowest BCUT2D eigenvalue weighted by Crippen LogP contribution is -2.10. The minimum atomic E-state index is -4.10. The molecule has 0 unspecified atom stereocenters. The molecule has 0 radical (unpaired) electrons. The molecule has 1 aromatic carbocycles. The normalized spacial score (nSPS) is 11.7. The van der Waals surface area contributed by atoms with Crippen LogP contribution >= 0.6 is 33.9 Å². The number of halogens is 3. The monoisotopic (exact) mass is 358 g/mol. The van der Waals surface area contributed by atoms with Gasteiger partial charge in [0, 0.05) is 15.7 Å². The Labute approximate surface area is 132 Å². The molecule has 0 heterocycles. The third kappa shape index (κ3) is 4.81. The van der Waals surface area contributed by atoms with Crippen molar-refractivity contribution in [3.63, 3.8) is 0 Å². The van der Waals surface area contributed by atoms with Gasteiger partial charge >= 0.3 is 5.97 Å². The maximum absolute atomic E-state index is 11.9. The van der Waals surface area contributed by atoms with E-state index in [1.54, 1.807) is 0 Å². The maximum Gasteiger partial charge on any atom is 0.339 e. The fraction of sp³-hybridized carbons (Fsp3) is 0.417. The zero-order chi connectivity index (χ0) is 15.5. The van der Waals surface area contributed by atoms with Gasteiger partial charge < -0.3 is 4.74 Å². The molecule has 20 heavy (non-hydrogen) atoms. The highest BCUT2D eigenvalue weighted by molar-refractivity contribution is 8.13. The van der Waals surface area contributed by atoms with E-state index in [-0.39, 0.29) is 22.2 Å². The Balaban J connectivity index is 3.07. The Kier molecular flexibility index (Phi) is 6.13. The molecule has 0 spiro atoms. The van der Waals surface area contributed by atoms with Gasteiger partial charge in [-0.05, 0) is 24.5 Å². The summed E-state index contributed by atoms with van der Waals surface area (Å²) in [5.41, 5.74) is -0.123. The average molecular weight is 360 g/mol. The number of esters is 1. The summed E-state index contributed by atoms with van der Waals surface area (Å²) in [6, 6.07) is 2.32. The first kappa shape index (κ1) is 17.6. The van der Waals surface area contributed by atoms with Crippen LogP contribution in [-0.4, -0.2) is 21.0 Å². The molecule has 1 aromatic rings. The molecule has 0 saturated carbocycles. The molecule has 0 aromatic heterocycles. The molecule has 0 bridgehead atoms. The fourth-order valence-corrected chi connectivity index (χ4v) is 3.20. The van der Waals surface area contributed by atoms with E-state index in [1.807, 2.05) is 13.8 Å². The molecule has 1 rings (SSSR count). The third-order valence-corrected chi connectivity index (χ3v) is 4.50. The Morgan fingerprint density at radius 3 is 2.40 bits per heavy atom. The smallest absolute Gasteiger partial charge is 0.339 e. The van der Waals surface area contributed by atoms with Crippen molar-refractivity contribution in [2.75, 3.05) is 6.61 Å². The van der Waals surface area contributed by atoms with E-state index in [2.05, 4.69) is 0 Å². The van der Waals surface area contributed by atoms with Gasteiger partial charge in [-0.1, -0.05) is 37.0 Å². The number of rotatable bonds is 5. The molecular formula is C12H13Cl3O4S. The summed E-state index contributed by atoms with van der Waals surface area (Å²) in [5.74, 6) is -0.365. The highest BCUT2D eigenvalue weighted by Crippen LogP contribution is 2.32. The van der Waals surface area contributed by atoms with E-state index in [9.17, 15) is 13.2 Å². The van der Waals surface area contributed by atoms with Gasteiger partial charge in [-0.25, -0.2) is 13.2 Å². The lowest BCUT2D eigenvalue weighted by Gasteiger charge is -2.10. The van der Waals surface area contributed by atoms with Crippen LogP contribution in [0.25, 0.3) is 0 Å². The number of hydrogen-bond donors (Lipinski definition) is 0. The summed E-state index contributed by atoms with van der Waals surface area (Å²) in [5, 5.41) is -0.261. The van der Waals surface area contributed by atoms with Crippen LogP contribution in [0.5, 0.6) is 0 Å². The second-order valence-corrected chi connectivity index (χ2v) is 7.87. The minimum absolute atomic E-state index is 0.0319. The predicted octanol–water partition coefficient (Wildman–Crippen LogP) is 4.12. The van der Waals surface area contributed by atoms with E-state index < -0.39 is 19.9 Å². The molecule has 112 valence electrons. The lowest BCUT2D eigenvalue weighted by atomic mass is 10.1. The van der Waals surface area contributed by atoms with Gasteiger partial charge in [0.2, 0.25) is 0 Å². The Hall–Kier alpha value is -0.490. The fourth-order valence-electron chi connectivity index (χ4n) is 1.36. The first-order valence-corrected chi connectivity index (χ1v) is 8.80. The zero-order valence-electron chi connectivity index (χ0n) is 10.8. The van der Waals surface area contributed by atoms with Crippen molar-refractivity contribution in [2.45, 2.75) is 25.2 Å². The molecule has 0 amide bonds.